The number of likely N-dealkylation sites (tertiary alicyclic amines) is 1. The number of hydrogen-bond acceptors (Lipinski definition) is 5. The van der Waals surface area contributed by atoms with Crippen LogP contribution < -0.4 is 4.74 Å². The van der Waals surface area contributed by atoms with Crippen molar-refractivity contribution in [3.05, 3.63) is 114 Å². The fourth-order valence-electron chi connectivity index (χ4n) is 4.16. The summed E-state index contributed by atoms with van der Waals surface area (Å²) in [5.41, 5.74) is 3.25. The van der Waals surface area contributed by atoms with E-state index in [1.165, 1.54) is 4.90 Å². The molecule has 35 heavy (non-hydrogen) atoms. The molecule has 1 amide bonds. The average Bonchev–Trinajstić information content (AvgIpc) is 3.13. The Morgan fingerprint density at radius 1 is 1.06 bits per heavy atom. The molecule has 1 fully saturated rings. The van der Waals surface area contributed by atoms with Gasteiger partial charge in [0.15, 0.2) is 0 Å². The van der Waals surface area contributed by atoms with Crippen molar-refractivity contribution >= 4 is 17.4 Å². The van der Waals surface area contributed by atoms with Gasteiger partial charge in [0.25, 0.3) is 11.7 Å². The summed E-state index contributed by atoms with van der Waals surface area (Å²) in [7, 11) is 0. The number of aliphatic hydroxyl groups excluding tert-OH is 1. The number of benzene rings is 2. The molecule has 1 saturated heterocycles. The number of ether oxygens (including phenoxy) is 1. The molecule has 1 atom stereocenters. The summed E-state index contributed by atoms with van der Waals surface area (Å²) in [6, 6.07) is 17.5. The van der Waals surface area contributed by atoms with Crippen molar-refractivity contribution in [1.82, 2.24) is 9.88 Å². The van der Waals surface area contributed by atoms with E-state index in [9.17, 15) is 14.7 Å². The van der Waals surface area contributed by atoms with Crippen molar-refractivity contribution in [2.45, 2.75) is 32.4 Å². The minimum Gasteiger partial charge on any atom is -0.507 e. The topological polar surface area (TPSA) is 79.7 Å². The molecule has 6 heteroatoms. The molecule has 0 spiro atoms. The number of nitrogens with zero attached hydrogens (tertiary/aromatic N) is 2. The molecular weight excluding hydrogens is 440 g/mol. The van der Waals surface area contributed by atoms with E-state index in [1.807, 2.05) is 24.3 Å². The number of carbonyl (C=O) groups excluding carboxylic acids is 2. The maximum atomic E-state index is 13.2. The fraction of sp³-hybridized carbons (Fsp3) is 0.207. The molecule has 6 nitrogen and oxygen atoms in total. The van der Waals surface area contributed by atoms with Gasteiger partial charge in [0.05, 0.1) is 11.6 Å². The van der Waals surface area contributed by atoms with E-state index in [0.717, 1.165) is 16.7 Å². The first kappa shape index (κ1) is 24.0. The zero-order valence-corrected chi connectivity index (χ0v) is 19.8. The Morgan fingerprint density at radius 2 is 1.71 bits per heavy atom. The third-order valence-corrected chi connectivity index (χ3v) is 6.06. The predicted octanol–water partition coefficient (Wildman–Crippen LogP) is 5.39. The largest absolute Gasteiger partial charge is 0.507 e. The van der Waals surface area contributed by atoms with Crippen LogP contribution in [-0.2, 0) is 16.1 Å². The van der Waals surface area contributed by atoms with Gasteiger partial charge in [-0.05, 0) is 59.0 Å². The second kappa shape index (κ2) is 10.4. The fourth-order valence-corrected chi connectivity index (χ4v) is 4.16. The molecule has 0 aliphatic carbocycles. The van der Waals surface area contributed by atoms with Gasteiger partial charge in [-0.15, -0.1) is 0 Å². The lowest BCUT2D eigenvalue weighted by molar-refractivity contribution is -0.140. The molecule has 0 radical (unpaired) electrons. The Bertz CT molecular complexity index is 1250. The second-order valence-corrected chi connectivity index (χ2v) is 8.73. The van der Waals surface area contributed by atoms with Crippen LogP contribution in [0.5, 0.6) is 5.75 Å². The van der Waals surface area contributed by atoms with Gasteiger partial charge in [0.2, 0.25) is 0 Å². The van der Waals surface area contributed by atoms with Gasteiger partial charge in [-0.2, -0.15) is 0 Å². The van der Waals surface area contributed by atoms with E-state index in [4.69, 9.17) is 4.74 Å². The summed E-state index contributed by atoms with van der Waals surface area (Å²) in [5, 5.41) is 11.2. The monoisotopic (exact) mass is 468 g/mol. The van der Waals surface area contributed by atoms with Gasteiger partial charge in [-0.1, -0.05) is 50.8 Å². The molecule has 1 aliphatic rings. The van der Waals surface area contributed by atoms with Gasteiger partial charge in [0, 0.05) is 24.5 Å². The van der Waals surface area contributed by atoms with Gasteiger partial charge in [-0.25, -0.2) is 0 Å². The molecule has 2 aromatic carbocycles. The lowest BCUT2D eigenvalue weighted by Crippen LogP contribution is -2.29. The Labute approximate surface area is 205 Å². The van der Waals surface area contributed by atoms with Crippen LogP contribution in [0, 0.1) is 0 Å². The Kier molecular flexibility index (Phi) is 7.11. The van der Waals surface area contributed by atoms with Gasteiger partial charge in [0.1, 0.15) is 18.1 Å². The van der Waals surface area contributed by atoms with Crippen LogP contribution in [0.15, 0.2) is 91.3 Å². The molecule has 4 rings (SSSR count). The highest BCUT2D eigenvalue weighted by atomic mass is 16.5. The van der Waals surface area contributed by atoms with Gasteiger partial charge in [-0.3, -0.25) is 14.6 Å². The number of amides is 1. The van der Waals surface area contributed by atoms with Crippen molar-refractivity contribution in [3.8, 4) is 5.75 Å². The minimum atomic E-state index is -0.721. The van der Waals surface area contributed by atoms with Crippen LogP contribution in [0.4, 0.5) is 0 Å². The van der Waals surface area contributed by atoms with E-state index in [2.05, 4.69) is 25.4 Å². The molecule has 178 valence electrons. The number of rotatable bonds is 8. The maximum Gasteiger partial charge on any atom is 0.295 e. The molecule has 0 bridgehead atoms. The average molecular weight is 469 g/mol. The van der Waals surface area contributed by atoms with Crippen LogP contribution >= 0.6 is 0 Å². The maximum absolute atomic E-state index is 13.2. The molecule has 1 aromatic heterocycles. The zero-order chi connectivity index (χ0) is 24.9. The van der Waals surface area contributed by atoms with E-state index in [-0.39, 0.29) is 17.9 Å². The van der Waals surface area contributed by atoms with Crippen LogP contribution in [0.1, 0.15) is 48.1 Å². The minimum absolute atomic E-state index is 0.0705. The first-order valence-corrected chi connectivity index (χ1v) is 11.5. The normalized spacial score (nSPS) is 17.1. The lowest BCUT2D eigenvalue weighted by Gasteiger charge is -2.25. The SMILES string of the molecule is C=CCOc1ccc(/C(O)=C2/C(=O)C(=O)N(Cc3ccncc3)C2c2ccc(C(C)C)cc2)cc1. The van der Waals surface area contributed by atoms with Crippen LogP contribution in [-0.4, -0.2) is 33.3 Å². The predicted molar refractivity (Wildman–Crippen MR) is 135 cm³/mol. The molecule has 1 unspecified atom stereocenters. The number of pyridine rings is 1. The van der Waals surface area contributed by atoms with Crippen LogP contribution in [0.3, 0.4) is 0 Å². The number of aliphatic hydroxyl groups is 1. The number of Topliss-reactive ketones (excluding diaryl/α,β-unsaturated/α-hetero) is 1. The van der Waals surface area contributed by atoms with E-state index in [1.54, 1.807) is 54.9 Å². The second-order valence-electron chi connectivity index (χ2n) is 8.73. The molecule has 0 saturated carbocycles. The highest BCUT2D eigenvalue weighted by molar-refractivity contribution is 6.46. The van der Waals surface area contributed by atoms with Crippen molar-refractivity contribution < 1.29 is 19.4 Å². The summed E-state index contributed by atoms with van der Waals surface area (Å²) >= 11 is 0. The first-order chi connectivity index (χ1) is 16.9. The number of hydrogen-bond donors (Lipinski definition) is 1. The summed E-state index contributed by atoms with van der Waals surface area (Å²) in [6.45, 7) is 8.41. The Hall–Kier alpha value is -4.19. The Morgan fingerprint density at radius 3 is 2.31 bits per heavy atom. The summed E-state index contributed by atoms with van der Waals surface area (Å²) in [6.07, 6.45) is 4.94. The summed E-state index contributed by atoms with van der Waals surface area (Å²) in [4.78, 5) is 31.9. The van der Waals surface area contributed by atoms with Crippen molar-refractivity contribution in [3.63, 3.8) is 0 Å². The lowest BCUT2D eigenvalue weighted by atomic mass is 9.93. The van der Waals surface area contributed by atoms with Gasteiger partial charge >= 0.3 is 0 Å². The molecule has 1 N–H and O–H groups in total. The molecule has 1 aliphatic heterocycles. The first-order valence-electron chi connectivity index (χ1n) is 11.5. The van der Waals surface area contributed by atoms with E-state index in [0.29, 0.717) is 23.8 Å². The van der Waals surface area contributed by atoms with Crippen LogP contribution in [0.2, 0.25) is 0 Å². The van der Waals surface area contributed by atoms with Crippen molar-refractivity contribution in [1.29, 1.82) is 0 Å². The summed E-state index contributed by atoms with van der Waals surface area (Å²) < 4.78 is 5.51. The zero-order valence-electron chi connectivity index (χ0n) is 19.8. The quantitative estimate of drug-likeness (QED) is 0.207. The number of carbonyl (C=O) groups is 2. The standard InChI is InChI=1S/C29H28N2O4/c1-4-17-35-24-11-9-23(10-12-24)27(32)25-26(22-7-5-21(6-8-22)19(2)3)31(29(34)28(25)33)18-20-13-15-30-16-14-20/h4-16,19,26,32H,1,17-18H2,2-3H3/b27-25-. The van der Waals surface area contributed by atoms with E-state index < -0.39 is 17.7 Å². The smallest absolute Gasteiger partial charge is 0.295 e. The molecule has 3 aromatic rings. The van der Waals surface area contributed by atoms with Crippen molar-refractivity contribution in [2.75, 3.05) is 6.61 Å². The van der Waals surface area contributed by atoms with E-state index >= 15 is 0 Å². The number of aromatic nitrogens is 1. The number of ketones is 1. The summed E-state index contributed by atoms with van der Waals surface area (Å²) in [5.74, 6) is -0.614. The molecule has 2 heterocycles. The highest BCUT2D eigenvalue weighted by Gasteiger charge is 2.46. The third-order valence-electron chi connectivity index (χ3n) is 6.06. The van der Waals surface area contributed by atoms with Gasteiger partial charge < -0.3 is 14.7 Å². The molecular formula is C29H28N2O4. The highest BCUT2D eigenvalue weighted by Crippen LogP contribution is 2.40. The Balaban J connectivity index is 1.79. The third kappa shape index (κ3) is 5.01. The van der Waals surface area contributed by atoms with Crippen LogP contribution in [0.25, 0.3) is 5.76 Å². The van der Waals surface area contributed by atoms with Crippen molar-refractivity contribution in [2.24, 2.45) is 0 Å².